The molecule has 0 aromatic heterocycles. The predicted molar refractivity (Wildman–Crippen MR) is 95.2 cm³/mol. The van der Waals surface area contributed by atoms with Gasteiger partial charge >= 0.3 is 5.97 Å². The average Bonchev–Trinajstić information content (AvgIpc) is 2.53. The first-order chi connectivity index (χ1) is 11.4. The summed E-state index contributed by atoms with van der Waals surface area (Å²) in [4.78, 5) is 23.8. The van der Waals surface area contributed by atoms with Gasteiger partial charge < -0.3 is 10.1 Å². The quantitative estimate of drug-likeness (QED) is 0.795. The number of nitrogens with one attached hydrogen (secondary N) is 1. The molecule has 1 aliphatic rings. The predicted octanol–water partition coefficient (Wildman–Crippen LogP) is 4.02. The first-order valence-corrected chi connectivity index (χ1v) is 9.01. The number of hydrogen-bond donors (Lipinski definition) is 1. The van der Waals surface area contributed by atoms with E-state index in [0.29, 0.717) is 27.4 Å². The van der Waals surface area contributed by atoms with Crippen LogP contribution in [0.15, 0.2) is 18.2 Å². The van der Waals surface area contributed by atoms with E-state index in [0.717, 1.165) is 12.8 Å². The molecule has 1 aromatic rings. The summed E-state index contributed by atoms with van der Waals surface area (Å²) in [5.41, 5.74) is 0.699. The molecule has 0 saturated heterocycles. The van der Waals surface area contributed by atoms with Crippen molar-refractivity contribution in [2.45, 2.75) is 45.6 Å². The van der Waals surface area contributed by atoms with E-state index in [1.54, 1.807) is 18.2 Å². The van der Waals surface area contributed by atoms with Crippen LogP contribution in [-0.4, -0.2) is 24.5 Å². The van der Waals surface area contributed by atoms with Crippen molar-refractivity contribution in [3.63, 3.8) is 0 Å². The highest BCUT2D eigenvalue weighted by Gasteiger charge is 2.28. The van der Waals surface area contributed by atoms with E-state index in [9.17, 15) is 9.59 Å². The number of amides is 1. The normalized spacial score (nSPS) is 23.6. The van der Waals surface area contributed by atoms with E-state index in [-0.39, 0.29) is 25.0 Å². The molecule has 1 aliphatic carbocycles. The van der Waals surface area contributed by atoms with Gasteiger partial charge in [-0.25, -0.2) is 0 Å². The lowest BCUT2D eigenvalue weighted by Gasteiger charge is -2.34. The molecule has 24 heavy (non-hydrogen) atoms. The molecule has 4 nitrogen and oxygen atoms in total. The van der Waals surface area contributed by atoms with Crippen molar-refractivity contribution in [3.05, 3.63) is 33.8 Å². The molecular weight excluding hydrogens is 349 g/mol. The minimum Gasteiger partial charge on any atom is -0.455 e. The minimum atomic E-state index is -0.464. The number of rotatable bonds is 5. The lowest BCUT2D eigenvalue weighted by Crippen LogP contribution is -2.45. The molecule has 1 N–H and O–H groups in total. The van der Waals surface area contributed by atoms with Gasteiger partial charge in [0.05, 0.1) is 16.5 Å². The Morgan fingerprint density at radius 2 is 1.96 bits per heavy atom. The number of esters is 1. The highest BCUT2D eigenvalue weighted by Crippen LogP contribution is 2.29. The van der Waals surface area contributed by atoms with Crippen molar-refractivity contribution < 1.29 is 14.3 Å². The monoisotopic (exact) mass is 371 g/mol. The summed E-state index contributed by atoms with van der Waals surface area (Å²) in [7, 11) is 0. The van der Waals surface area contributed by atoms with Crippen LogP contribution in [0.5, 0.6) is 0 Å². The van der Waals surface area contributed by atoms with Crippen molar-refractivity contribution in [1.82, 2.24) is 5.32 Å². The van der Waals surface area contributed by atoms with Crippen LogP contribution in [0.4, 0.5) is 0 Å². The van der Waals surface area contributed by atoms with Gasteiger partial charge in [-0.2, -0.15) is 0 Å². The van der Waals surface area contributed by atoms with Gasteiger partial charge in [-0.1, -0.05) is 56.0 Å². The van der Waals surface area contributed by atoms with Crippen LogP contribution >= 0.6 is 23.2 Å². The Bertz CT molecular complexity index is 606. The molecule has 1 aromatic carbocycles. The Kier molecular flexibility index (Phi) is 6.93. The van der Waals surface area contributed by atoms with E-state index in [4.69, 9.17) is 27.9 Å². The summed E-state index contributed by atoms with van der Waals surface area (Å²) in [6.07, 6.45) is 3.36. The molecular formula is C18H23Cl2NO3. The molecule has 1 amide bonds. The minimum absolute atomic E-state index is 0.0566. The van der Waals surface area contributed by atoms with Crippen LogP contribution in [0, 0.1) is 11.8 Å². The summed E-state index contributed by atoms with van der Waals surface area (Å²) < 4.78 is 5.05. The van der Waals surface area contributed by atoms with Crippen molar-refractivity contribution in [1.29, 1.82) is 0 Å². The second kappa shape index (κ2) is 8.72. The van der Waals surface area contributed by atoms with Crippen LogP contribution in [0.1, 0.15) is 38.7 Å². The lowest BCUT2D eigenvalue weighted by molar-refractivity contribution is -0.148. The summed E-state index contributed by atoms with van der Waals surface area (Å²) in [5.74, 6) is 0.327. The molecule has 3 atom stereocenters. The van der Waals surface area contributed by atoms with Crippen LogP contribution < -0.4 is 5.32 Å². The second-order valence-corrected chi connectivity index (χ2v) is 7.34. The maximum atomic E-state index is 12.0. The first kappa shape index (κ1) is 19.1. The summed E-state index contributed by atoms with van der Waals surface area (Å²) in [6.45, 7) is 4.11. The van der Waals surface area contributed by atoms with Gasteiger partial charge in [-0.15, -0.1) is 0 Å². The maximum Gasteiger partial charge on any atom is 0.310 e. The highest BCUT2D eigenvalue weighted by atomic mass is 35.5. The molecule has 0 aliphatic heterocycles. The topological polar surface area (TPSA) is 55.4 Å². The van der Waals surface area contributed by atoms with E-state index in [2.05, 4.69) is 19.2 Å². The van der Waals surface area contributed by atoms with Crippen molar-refractivity contribution >= 4 is 35.1 Å². The van der Waals surface area contributed by atoms with Gasteiger partial charge in [0.25, 0.3) is 5.91 Å². The van der Waals surface area contributed by atoms with Crippen LogP contribution in [0.3, 0.4) is 0 Å². The fourth-order valence-electron chi connectivity index (χ4n) is 3.05. The molecule has 0 unspecified atom stereocenters. The van der Waals surface area contributed by atoms with Crippen LogP contribution in [0.2, 0.25) is 10.0 Å². The molecule has 0 spiro atoms. The molecule has 132 valence electrons. The lowest BCUT2D eigenvalue weighted by atomic mass is 9.78. The smallest absolute Gasteiger partial charge is 0.310 e. The number of carbonyl (C=O) groups is 2. The Labute approximate surface area is 152 Å². The van der Waals surface area contributed by atoms with Gasteiger partial charge in [-0.3, -0.25) is 9.59 Å². The number of carbonyl (C=O) groups excluding carboxylic acids is 2. The van der Waals surface area contributed by atoms with Gasteiger partial charge in [0.15, 0.2) is 6.61 Å². The molecule has 0 heterocycles. The van der Waals surface area contributed by atoms with E-state index < -0.39 is 5.97 Å². The second-order valence-electron chi connectivity index (χ2n) is 6.53. The maximum absolute atomic E-state index is 12.0. The van der Waals surface area contributed by atoms with E-state index in [1.165, 1.54) is 6.42 Å². The number of hydrogen-bond acceptors (Lipinski definition) is 3. The van der Waals surface area contributed by atoms with Gasteiger partial charge in [0, 0.05) is 6.04 Å². The molecule has 0 radical (unpaired) electrons. The fraction of sp³-hybridized carbons (Fsp3) is 0.556. The summed E-state index contributed by atoms with van der Waals surface area (Å²) >= 11 is 11.7. The number of halogens is 2. The SMILES string of the molecule is C[C@H]1[C@@H](NC(=O)COC(=O)Cc2ccc(Cl)c(Cl)c2)CCC[C@@H]1C. The molecule has 1 fully saturated rings. The fourth-order valence-corrected chi connectivity index (χ4v) is 3.37. The Morgan fingerprint density at radius 3 is 2.67 bits per heavy atom. The van der Waals surface area contributed by atoms with Crippen LogP contribution in [0.25, 0.3) is 0 Å². The zero-order valence-electron chi connectivity index (χ0n) is 14.0. The Hall–Kier alpha value is -1.26. The van der Waals surface area contributed by atoms with E-state index in [1.807, 2.05) is 0 Å². The standard InChI is InChI=1S/C18H23Cl2NO3/c1-11-4-3-5-16(12(11)2)21-17(22)10-24-18(23)9-13-6-7-14(19)15(20)8-13/h6-8,11-12,16H,3-5,9-10H2,1-2H3,(H,21,22)/t11-,12+,16-/m0/s1. The molecule has 1 saturated carbocycles. The number of benzene rings is 1. The number of ether oxygens (including phenoxy) is 1. The zero-order chi connectivity index (χ0) is 17.7. The van der Waals surface area contributed by atoms with Gasteiger partial charge in [0.1, 0.15) is 0 Å². The van der Waals surface area contributed by atoms with Crippen molar-refractivity contribution in [2.24, 2.45) is 11.8 Å². The third-order valence-corrected chi connectivity index (χ3v) is 5.49. The van der Waals surface area contributed by atoms with Gasteiger partial charge in [0.2, 0.25) is 0 Å². The molecule has 2 rings (SSSR count). The first-order valence-electron chi connectivity index (χ1n) is 8.25. The summed E-state index contributed by atoms with van der Waals surface area (Å²) in [6, 6.07) is 5.12. The third kappa shape index (κ3) is 5.38. The van der Waals surface area contributed by atoms with Crippen LogP contribution in [-0.2, 0) is 20.7 Å². The largest absolute Gasteiger partial charge is 0.455 e. The van der Waals surface area contributed by atoms with Gasteiger partial charge in [-0.05, 0) is 36.0 Å². The zero-order valence-corrected chi connectivity index (χ0v) is 15.5. The Morgan fingerprint density at radius 1 is 1.21 bits per heavy atom. The molecule has 6 heteroatoms. The molecule has 0 bridgehead atoms. The van der Waals surface area contributed by atoms with E-state index >= 15 is 0 Å². The average molecular weight is 372 g/mol. The highest BCUT2D eigenvalue weighted by molar-refractivity contribution is 6.42. The third-order valence-electron chi connectivity index (χ3n) is 4.75. The summed E-state index contributed by atoms with van der Waals surface area (Å²) in [5, 5.41) is 3.80. The van der Waals surface area contributed by atoms with Crippen molar-refractivity contribution in [2.75, 3.05) is 6.61 Å². The van der Waals surface area contributed by atoms with Crippen molar-refractivity contribution in [3.8, 4) is 0 Å². The Balaban J connectivity index is 1.76.